The molecule has 12 unspecified atom stereocenters. The summed E-state index contributed by atoms with van der Waals surface area (Å²) in [4.78, 5) is 70.0. The van der Waals surface area contributed by atoms with E-state index in [4.69, 9.17) is 0 Å². The molecule has 0 spiro atoms. The van der Waals surface area contributed by atoms with Crippen LogP contribution in [0.15, 0.2) is 29.3 Å². The van der Waals surface area contributed by atoms with E-state index in [0.717, 1.165) is 54.4 Å². The number of hydrogen-bond donors (Lipinski definition) is 5. The number of nitrogens with zero attached hydrogens (tertiary/aromatic N) is 1. The Hall–Kier alpha value is -3.70. The molecule has 2 aromatic rings. The van der Waals surface area contributed by atoms with Gasteiger partial charge in [-0.15, -0.1) is 0 Å². The van der Waals surface area contributed by atoms with E-state index in [1.165, 1.54) is 38.3 Å². The molecule has 1 amide bonds. The summed E-state index contributed by atoms with van der Waals surface area (Å²) in [5.74, 6) is 3.49. The normalized spacial score (nSPS) is 35.7. The van der Waals surface area contributed by atoms with Gasteiger partial charge in [0.2, 0.25) is 5.91 Å². The molecule has 0 saturated heterocycles. The highest BCUT2D eigenvalue weighted by atomic mass is 16.4. The smallest absolute Gasteiger partial charge is 0.306 e. The Balaban J connectivity index is 0.000000401. The van der Waals surface area contributed by atoms with Gasteiger partial charge in [0.1, 0.15) is 17.9 Å². The van der Waals surface area contributed by atoms with E-state index in [1.54, 1.807) is 12.1 Å². The van der Waals surface area contributed by atoms with Crippen molar-refractivity contribution in [1.82, 2.24) is 20.6 Å². The Bertz CT molecular complexity index is 2090. The van der Waals surface area contributed by atoms with E-state index in [1.807, 2.05) is 27.0 Å². The number of amides is 1. The summed E-state index contributed by atoms with van der Waals surface area (Å²) in [6.45, 7) is 20.5. The first kappa shape index (κ1) is 48.7. The first-order chi connectivity index (χ1) is 29.7. The van der Waals surface area contributed by atoms with Crippen LogP contribution in [-0.4, -0.2) is 71.0 Å². The van der Waals surface area contributed by atoms with Gasteiger partial charge in [-0.05, 0) is 175 Å². The Labute approximate surface area is 376 Å². The van der Waals surface area contributed by atoms with Crippen LogP contribution in [0.25, 0.3) is 11.0 Å². The Morgan fingerprint density at radius 1 is 0.984 bits per heavy atom. The largest absolute Gasteiger partial charge is 0.481 e. The molecular weight excluding hydrogens is 791 g/mol. The zero-order chi connectivity index (χ0) is 46.4. The van der Waals surface area contributed by atoms with Crippen LogP contribution in [0.5, 0.6) is 0 Å². The molecule has 63 heavy (non-hydrogen) atoms. The lowest BCUT2D eigenvalue weighted by Crippen LogP contribution is -2.60. The Morgan fingerprint density at radius 2 is 1.65 bits per heavy atom. The predicted octanol–water partition coefficient (Wildman–Crippen LogP) is 8.88. The molecule has 12 atom stereocenters. The molecule has 0 aliphatic heterocycles. The van der Waals surface area contributed by atoms with Crippen LogP contribution < -0.4 is 16.4 Å². The number of imidazole rings is 1. The molecule has 11 nitrogen and oxygen atoms in total. The molecule has 6 aliphatic carbocycles. The molecule has 11 heteroatoms. The lowest BCUT2D eigenvalue weighted by atomic mass is 9.37. The number of aldehydes is 1. The van der Waals surface area contributed by atoms with E-state index < -0.39 is 5.97 Å². The fourth-order valence-corrected chi connectivity index (χ4v) is 14.6. The van der Waals surface area contributed by atoms with Crippen molar-refractivity contribution < 1.29 is 29.1 Å². The van der Waals surface area contributed by atoms with Gasteiger partial charge in [-0.25, -0.2) is 4.98 Å². The van der Waals surface area contributed by atoms with Gasteiger partial charge >= 0.3 is 5.97 Å². The van der Waals surface area contributed by atoms with E-state index in [2.05, 4.69) is 74.8 Å². The molecule has 348 valence electrons. The number of aromatic amines is 1. The Kier molecular flexibility index (Phi) is 14.4. The molecule has 0 bridgehead atoms. The fraction of sp³-hybridized carbons (Fsp3) is 0.731. The van der Waals surface area contributed by atoms with Crippen LogP contribution in [0.3, 0.4) is 0 Å². The lowest BCUT2D eigenvalue weighted by Gasteiger charge is -2.67. The minimum Gasteiger partial charge on any atom is -0.481 e. The summed E-state index contributed by atoms with van der Waals surface area (Å²) < 4.78 is 0. The van der Waals surface area contributed by atoms with Gasteiger partial charge < -0.3 is 26.5 Å². The van der Waals surface area contributed by atoms with Gasteiger partial charge in [-0.2, -0.15) is 0 Å². The molecule has 0 radical (unpaired) electrons. The predicted molar refractivity (Wildman–Crippen MR) is 249 cm³/mol. The molecule has 5 saturated carbocycles. The minimum absolute atomic E-state index is 0.0460. The topological polar surface area (TPSA) is 184 Å². The number of benzene rings is 1. The molecule has 6 N–H and O–H groups in total. The van der Waals surface area contributed by atoms with Gasteiger partial charge in [0.15, 0.2) is 5.78 Å². The second kappa shape index (κ2) is 18.7. The quantitative estimate of drug-likeness (QED) is 0.138. The first-order valence-corrected chi connectivity index (χ1v) is 24.2. The average molecular weight is 870 g/mol. The van der Waals surface area contributed by atoms with Crippen molar-refractivity contribution in [3.8, 4) is 0 Å². The highest BCUT2D eigenvalue weighted by Crippen LogP contribution is 2.72. The summed E-state index contributed by atoms with van der Waals surface area (Å²) in [6.07, 6.45) is 11.8. The zero-order valence-corrected chi connectivity index (χ0v) is 40.3. The first-order valence-electron chi connectivity index (χ1n) is 24.2. The Morgan fingerprint density at radius 3 is 2.29 bits per heavy atom. The van der Waals surface area contributed by atoms with Gasteiger partial charge in [-0.1, -0.05) is 47.1 Å². The highest BCUT2D eigenvalue weighted by molar-refractivity contribution is 6.01. The second-order valence-corrected chi connectivity index (χ2v) is 22.2. The van der Waals surface area contributed by atoms with Crippen molar-refractivity contribution in [1.29, 1.82) is 0 Å². The van der Waals surface area contributed by atoms with Gasteiger partial charge in [0.05, 0.1) is 17.0 Å². The number of H-pyrrole nitrogens is 1. The third kappa shape index (κ3) is 9.00. The number of carbonyl (C=O) groups excluding carboxylic acids is 4. The standard InChI is InChI=1S/C42H66N2O5.C9H8N2O.CH5N/c1-23(2)36-33(46)20-42(21-35(47)44-22-39(5,6)43-9)17-14-31-27(37(36)42)10-11-34-40(7)15-12-26(24(3)30(40)13-16-41(31,34)8)18-32(45)28-19-29(25(28)4)38(48)49;1-6-10-8-3-2-7(5-12)4-9(8)11-6;1-2/h23-31,34,43H,10-22H2,1-9H3,(H,44,47)(H,48,49);2-5H,1H3,(H,10,11);2H2,1H3. The number of ketones is 2. The minimum atomic E-state index is -0.756. The number of allylic oxidation sites excluding steroid dienone is 2. The number of carbonyl (C=O) groups is 5. The summed E-state index contributed by atoms with van der Waals surface area (Å²) in [5, 5.41) is 15.9. The number of carboxylic acids is 1. The maximum atomic E-state index is 13.8. The van der Waals surface area contributed by atoms with Crippen LogP contribution in [0.2, 0.25) is 0 Å². The lowest BCUT2D eigenvalue weighted by molar-refractivity contribution is -0.173. The number of Topliss-reactive ketones (excluding diaryl/α,β-unsaturated/α-hetero) is 2. The number of nitrogens with two attached hydrogens (primary N) is 1. The van der Waals surface area contributed by atoms with Crippen molar-refractivity contribution >= 4 is 40.8 Å². The van der Waals surface area contributed by atoms with Crippen LogP contribution in [0.4, 0.5) is 0 Å². The molecule has 1 heterocycles. The number of aryl methyl sites for hydroxylation is 1. The summed E-state index contributed by atoms with van der Waals surface area (Å²) in [6, 6.07) is 5.39. The monoisotopic (exact) mass is 870 g/mol. The van der Waals surface area contributed by atoms with Crippen molar-refractivity contribution in [3.05, 3.63) is 40.7 Å². The SMILES string of the molecule is CN.CNC(C)(C)CNC(=O)CC12CCC3C(CCC4C3(C)CCC3C(C)C(CC(=O)C5CC(C(=O)O)C5C)CCC34C)C1=C(C(C)C)C(=O)C2.Cc1nc2ccc(C=O)cc2[nH]1. The average Bonchev–Trinajstić information content (AvgIpc) is 3.76. The number of carboxylic acid groups (broad SMARTS) is 1. The third-order valence-electron chi connectivity index (χ3n) is 18.1. The molecule has 1 aromatic carbocycles. The van der Waals surface area contributed by atoms with Gasteiger partial charge in [-0.3, -0.25) is 24.0 Å². The summed E-state index contributed by atoms with van der Waals surface area (Å²) in [7, 11) is 3.42. The van der Waals surface area contributed by atoms with Crippen molar-refractivity contribution in [3.63, 3.8) is 0 Å². The van der Waals surface area contributed by atoms with Crippen molar-refractivity contribution in [2.24, 2.45) is 81.2 Å². The number of fused-ring (bicyclic) bond motifs is 8. The van der Waals surface area contributed by atoms with Gasteiger partial charge in [0, 0.05) is 48.2 Å². The summed E-state index contributed by atoms with van der Waals surface area (Å²) >= 11 is 0. The number of likely N-dealkylation sites (N-methyl/N-ethyl adjacent to an activating group) is 1. The molecule has 5 fully saturated rings. The molecule has 8 rings (SSSR count). The highest BCUT2D eigenvalue weighted by Gasteiger charge is 2.65. The third-order valence-corrected chi connectivity index (χ3v) is 18.1. The van der Waals surface area contributed by atoms with Crippen molar-refractivity contribution in [2.45, 2.75) is 145 Å². The number of rotatable bonds is 11. The molecule has 1 aromatic heterocycles. The number of nitrogens with one attached hydrogen (secondary N) is 3. The van der Waals surface area contributed by atoms with E-state index >= 15 is 0 Å². The number of hydrogen-bond acceptors (Lipinski definition) is 8. The van der Waals surface area contributed by atoms with Crippen LogP contribution in [-0.2, 0) is 19.2 Å². The van der Waals surface area contributed by atoms with Crippen LogP contribution >= 0.6 is 0 Å². The van der Waals surface area contributed by atoms with Gasteiger partial charge in [0.25, 0.3) is 0 Å². The number of aliphatic carboxylic acids is 1. The molecular formula is C52H79N5O6. The van der Waals surface area contributed by atoms with E-state index in [0.29, 0.717) is 79.1 Å². The fourth-order valence-electron chi connectivity index (χ4n) is 14.6. The second-order valence-electron chi connectivity index (χ2n) is 22.2. The molecule has 6 aliphatic rings. The zero-order valence-electron chi connectivity index (χ0n) is 40.3. The van der Waals surface area contributed by atoms with Crippen LogP contribution in [0.1, 0.15) is 149 Å². The van der Waals surface area contributed by atoms with Crippen LogP contribution in [0, 0.1) is 82.3 Å². The number of aromatic nitrogens is 2. The summed E-state index contributed by atoms with van der Waals surface area (Å²) in [5.41, 5.74) is 9.34. The maximum absolute atomic E-state index is 13.8. The van der Waals surface area contributed by atoms with E-state index in [9.17, 15) is 29.1 Å². The van der Waals surface area contributed by atoms with E-state index in [-0.39, 0.29) is 57.1 Å². The maximum Gasteiger partial charge on any atom is 0.306 e. The van der Waals surface area contributed by atoms with Crippen molar-refractivity contribution in [2.75, 3.05) is 20.6 Å².